The Labute approximate surface area is 179 Å². The minimum absolute atomic E-state index is 0.0571. The molecule has 0 unspecified atom stereocenters. The molecule has 156 valence electrons. The minimum atomic E-state index is -0.493. The maximum Gasteiger partial charge on any atom is 0.259 e. The number of thiocarbonyl (C=S) groups is 1. The maximum atomic E-state index is 14.2. The molecule has 30 heavy (non-hydrogen) atoms. The van der Waals surface area contributed by atoms with Gasteiger partial charge in [-0.1, -0.05) is 19.8 Å². The van der Waals surface area contributed by atoms with Crippen LogP contribution in [0.5, 0.6) is 5.75 Å². The summed E-state index contributed by atoms with van der Waals surface area (Å²) in [6.45, 7) is 4.30. The third kappa shape index (κ3) is 5.48. The summed E-state index contributed by atoms with van der Waals surface area (Å²) in [7, 11) is 0. The molecule has 0 bridgehead atoms. The van der Waals surface area contributed by atoms with Crippen LogP contribution in [0.4, 0.5) is 10.1 Å². The molecule has 0 aliphatic heterocycles. The number of pyridine rings is 2. The summed E-state index contributed by atoms with van der Waals surface area (Å²) in [5.41, 5.74) is 1.91. The molecule has 0 atom stereocenters. The van der Waals surface area contributed by atoms with Crippen molar-refractivity contribution in [1.29, 1.82) is 0 Å². The number of carbonyl (C=O) groups is 1. The number of rotatable bonds is 7. The second-order valence-electron chi connectivity index (χ2n) is 6.78. The summed E-state index contributed by atoms with van der Waals surface area (Å²) in [6, 6.07) is 9.79. The van der Waals surface area contributed by atoms with Gasteiger partial charge in [-0.15, -0.1) is 0 Å². The van der Waals surface area contributed by atoms with Crippen LogP contribution in [0.3, 0.4) is 0 Å². The lowest BCUT2D eigenvalue weighted by Crippen LogP contribution is -2.34. The number of nitrogens with zero attached hydrogens (tertiary/aromatic N) is 2. The zero-order valence-electron chi connectivity index (χ0n) is 16.9. The van der Waals surface area contributed by atoms with Gasteiger partial charge in [-0.3, -0.25) is 10.1 Å². The number of amides is 1. The highest BCUT2D eigenvalue weighted by molar-refractivity contribution is 7.80. The molecule has 6 nitrogen and oxygen atoms in total. The third-order valence-corrected chi connectivity index (χ3v) is 4.65. The van der Waals surface area contributed by atoms with Crippen molar-refractivity contribution in [2.75, 3.05) is 11.9 Å². The van der Waals surface area contributed by atoms with Crippen LogP contribution in [0.1, 0.15) is 42.2 Å². The highest BCUT2D eigenvalue weighted by Crippen LogP contribution is 2.21. The van der Waals surface area contributed by atoms with Crippen molar-refractivity contribution in [3.05, 3.63) is 59.7 Å². The Morgan fingerprint density at radius 2 is 2.07 bits per heavy atom. The molecule has 3 aromatic rings. The molecule has 0 aliphatic rings. The van der Waals surface area contributed by atoms with Gasteiger partial charge in [0.15, 0.2) is 22.3 Å². The van der Waals surface area contributed by atoms with E-state index in [1.807, 2.05) is 6.07 Å². The smallest absolute Gasteiger partial charge is 0.259 e. The SMILES string of the molecule is CCCCCOc1ccc(NC(=S)NC(=O)c2cc3cccnc3nc2C)cc1F. The Morgan fingerprint density at radius 3 is 2.83 bits per heavy atom. The summed E-state index contributed by atoms with van der Waals surface area (Å²) in [6.07, 6.45) is 4.64. The van der Waals surface area contributed by atoms with Gasteiger partial charge in [-0.05, 0) is 55.9 Å². The number of unbranched alkanes of at least 4 members (excludes halogenated alkanes) is 2. The predicted octanol–water partition coefficient (Wildman–Crippen LogP) is 4.77. The lowest BCUT2D eigenvalue weighted by Gasteiger charge is -2.12. The molecule has 1 amide bonds. The van der Waals surface area contributed by atoms with Crippen LogP contribution >= 0.6 is 12.2 Å². The number of fused-ring (bicyclic) bond motifs is 1. The number of ether oxygens (including phenoxy) is 1. The molecular formula is C22H23FN4O2S. The van der Waals surface area contributed by atoms with Crippen molar-refractivity contribution in [3.63, 3.8) is 0 Å². The second-order valence-corrected chi connectivity index (χ2v) is 7.19. The summed E-state index contributed by atoms with van der Waals surface area (Å²) in [5, 5.41) is 6.23. The maximum absolute atomic E-state index is 14.2. The van der Waals surface area contributed by atoms with Crippen molar-refractivity contribution in [2.24, 2.45) is 0 Å². The lowest BCUT2D eigenvalue weighted by atomic mass is 10.1. The van der Waals surface area contributed by atoms with Gasteiger partial charge in [-0.25, -0.2) is 14.4 Å². The Bertz CT molecular complexity index is 1070. The van der Waals surface area contributed by atoms with E-state index in [1.165, 1.54) is 6.07 Å². The number of aryl methyl sites for hydroxylation is 1. The zero-order chi connectivity index (χ0) is 21.5. The molecule has 8 heteroatoms. The molecule has 1 aromatic carbocycles. The van der Waals surface area contributed by atoms with E-state index in [9.17, 15) is 9.18 Å². The van der Waals surface area contributed by atoms with Gasteiger partial charge in [0, 0.05) is 23.3 Å². The van der Waals surface area contributed by atoms with Crippen molar-refractivity contribution in [3.8, 4) is 5.75 Å². The number of nitrogens with one attached hydrogen (secondary N) is 2. The molecule has 0 saturated heterocycles. The molecule has 0 spiro atoms. The standard InChI is InChI=1S/C22H23FN4O2S/c1-3-4-5-11-29-19-9-8-16(13-18(19)23)26-22(30)27-21(28)17-12-15-7-6-10-24-20(15)25-14(17)2/h6-10,12-13H,3-5,11H2,1-2H3,(H2,26,27,28,30). The van der Waals surface area contributed by atoms with Crippen LogP contribution in [0, 0.1) is 12.7 Å². The first-order chi connectivity index (χ1) is 14.5. The van der Waals surface area contributed by atoms with Crippen molar-refractivity contribution < 1.29 is 13.9 Å². The van der Waals surface area contributed by atoms with Gasteiger partial charge in [0.2, 0.25) is 0 Å². The van der Waals surface area contributed by atoms with E-state index in [0.717, 1.165) is 24.6 Å². The molecular weight excluding hydrogens is 403 g/mol. The molecule has 2 aromatic heterocycles. The van der Waals surface area contributed by atoms with E-state index in [1.54, 1.807) is 37.4 Å². The predicted molar refractivity (Wildman–Crippen MR) is 119 cm³/mol. The summed E-state index contributed by atoms with van der Waals surface area (Å²) in [5.74, 6) is -0.703. The highest BCUT2D eigenvalue weighted by atomic mass is 32.1. The Hall–Kier alpha value is -3.13. The third-order valence-electron chi connectivity index (χ3n) is 4.45. The van der Waals surface area contributed by atoms with E-state index in [2.05, 4.69) is 27.5 Å². The number of carbonyl (C=O) groups excluding carboxylic acids is 1. The topological polar surface area (TPSA) is 76.1 Å². The van der Waals surface area contributed by atoms with E-state index < -0.39 is 11.7 Å². The van der Waals surface area contributed by atoms with Crippen LogP contribution in [0.2, 0.25) is 0 Å². The zero-order valence-corrected chi connectivity index (χ0v) is 17.7. The molecule has 0 fully saturated rings. The van der Waals surface area contributed by atoms with Gasteiger partial charge < -0.3 is 10.1 Å². The fourth-order valence-electron chi connectivity index (χ4n) is 2.89. The minimum Gasteiger partial charge on any atom is -0.491 e. The number of hydrogen-bond acceptors (Lipinski definition) is 5. The fourth-order valence-corrected chi connectivity index (χ4v) is 3.10. The van der Waals surface area contributed by atoms with Gasteiger partial charge in [0.1, 0.15) is 0 Å². The van der Waals surface area contributed by atoms with E-state index in [-0.39, 0.29) is 10.9 Å². The van der Waals surface area contributed by atoms with Gasteiger partial charge >= 0.3 is 0 Å². The number of anilines is 1. The number of aromatic nitrogens is 2. The van der Waals surface area contributed by atoms with Crippen LogP contribution < -0.4 is 15.4 Å². The first-order valence-electron chi connectivity index (χ1n) is 9.75. The number of hydrogen-bond donors (Lipinski definition) is 2. The van der Waals surface area contributed by atoms with Crippen molar-refractivity contribution in [2.45, 2.75) is 33.1 Å². The van der Waals surface area contributed by atoms with Crippen LogP contribution in [0.25, 0.3) is 11.0 Å². The second kappa shape index (κ2) is 10.1. The summed E-state index contributed by atoms with van der Waals surface area (Å²) < 4.78 is 19.7. The molecule has 0 aliphatic carbocycles. The summed E-state index contributed by atoms with van der Waals surface area (Å²) >= 11 is 5.20. The fraction of sp³-hybridized carbons (Fsp3) is 0.273. The largest absolute Gasteiger partial charge is 0.491 e. The highest BCUT2D eigenvalue weighted by Gasteiger charge is 2.14. The Balaban J connectivity index is 1.62. The van der Waals surface area contributed by atoms with E-state index >= 15 is 0 Å². The van der Waals surface area contributed by atoms with Crippen molar-refractivity contribution >= 4 is 40.0 Å². The van der Waals surface area contributed by atoms with Gasteiger partial charge in [0.05, 0.1) is 17.9 Å². The van der Waals surface area contributed by atoms with Crippen LogP contribution in [-0.4, -0.2) is 27.6 Å². The van der Waals surface area contributed by atoms with E-state index in [0.29, 0.717) is 29.2 Å². The first-order valence-corrected chi connectivity index (χ1v) is 10.2. The first kappa shape index (κ1) is 21.6. The normalized spacial score (nSPS) is 10.6. The molecule has 3 rings (SSSR count). The van der Waals surface area contributed by atoms with Gasteiger partial charge in [0.25, 0.3) is 5.91 Å². The molecule has 0 saturated carbocycles. The Morgan fingerprint density at radius 1 is 1.23 bits per heavy atom. The quantitative estimate of drug-likeness (QED) is 0.419. The monoisotopic (exact) mass is 426 g/mol. The molecule has 0 radical (unpaired) electrons. The molecule has 2 heterocycles. The van der Waals surface area contributed by atoms with Crippen molar-refractivity contribution in [1.82, 2.24) is 15.3 Å². The molecule has 2 N–H and O–H groups in total. The average Bonchev–Trinajstić information content (AvgIpc) is 2.71. The number of benzene rings is 1. The average molecular weight is 427 g/mol. The Kier molecular flexibility index (Phi) is 7.24. The lowest BCUT2D eigenvalue weighted by molar-refractivity contribution is 0.0977. The summed E-state index contributed by atoms with van der Waals surface area (Å²) in [4.78, 5) is 21.1. The van der Waals surface area contributed by atoms with Crippen LogP contribution in [0.15, 0.2) is 42.6 Å². The van der Waals surface area contributed by atoms with E-state index in [4.69, 9.17) is 17.0 Å². The van der Waals surface area contributed by atoms with Gasteiger partial charge in [-0.2, -0.15) is 0 Å². The number of halogens is 1. The van der Waals surface area contributed by atoms with Crippen LogP contribution in [-0.2, 0) is 0 Å².